The van der Waals surface area contributed by atoms with Crippen LogP contribution in [0.5, 0.6) is 0 Å². The largest absolute Gasteiger partial charge is 0.451 e. The summed E-state index contributed by atoms with van der Waals surface area (Å²) in [5.41, 5.74) is 0.635. The minimum absolute atomic E-state index is 0.144. The normalized spacial score (nSPS) is 10.6. The van der Waals surface area contributed by atoms with Crippen LogP contribution in [0.25, 0.3) is 11.0 Å². The SMILES string of the molecule is Cc1cnc(NC(=O)CNC(=O)c2cc3ccccc3o2)s1. The van der Waals surface area contributed by atoms with Crippen LogP contribution < -0.4 is 10.6 Å². The first-order valence-electron chi connectivity index (χ1n) is 6.61. The Labute approximate surface area is 130 Å². The molecular formula is C15H13N3O3S. The number of benzene rings is 1. The average Bonchev–Trinajstić information content (AvgIpc) is 3.10. The molecule has 0 aliphatic carbocycles. The molecule has 2 heterocycles. The molecule has 0 atom stereocenters. The van der Waals surface area contributed by atoms with Crippen molar-refractivity contribution in [2.75, 3.05) is 11.9 Å². The van der Waals surface area contributed by atoms with E-state index in [1.807, 2.05) is 25.1 Å². The van der Waals surface area contributed by atoms with Gasteiger partial charge in [0.05, 0.1) is 6.54 Å². The zero-order valence-corrected chi connectivity index (χ0v) is 12.6. The third kappa shape index (κ3) is 3.15. The molecule has 6 nitrogen and oxygen atoms in total. The highest BCUT2D eigenvalue weighted by Crippen LogP contribution is 2.18. The summed E-state index contributed by atoms with van der Waals surface area (Å²) < 4.78 is 5.43. The van der Waals surface area contributed by atoms with Crippen molar-refractivity contribution in [2.24, 2.45) is 0 Å². The number of para-hydroxylation sites is 1. The highest BCUT2D eigenvalue weighted by molar-refractivity contribution is 7.15. The minimum Gasteiger partial charge on any atom is -0.451 e. The Morgan fingerprint density at radius 2 is 2.14 bits per heavy atom. The second-order valence-corrected chi connectivity index (χ2v) is 5.89. The van der Waals surface area contributed by atoms with E-state index < -0.39 is 5.91 Å². The van der Waals surface area contributed by atoms with Gasteiger partial charge < -0.3 is 15.1 Å². The summed E-state index contributed by atoms with van der Waals surface area (Å²) in [6, 6.07) is 8.98. The molecule has 7 heteroatoms. The molecule has 0 aliphatic rings. The van der Waals surface area contributed by atoms with Crippen LogP contribution in [0.15, 0.2) is 40.9 Å². The number of hydrogen-bond acceptors (Lipinski definition) is 5. The number of rotatable bonds is 4. The van der Waals surface area contributed by atoms with Crippen molar-refractivity contribution in [1.82, 2.24) is 10.3 Å². The first-order chi connectivity index (χ1) is 10.6. The summed E-state index contributed by atoms with van der Waals surface area (Å²) in [4.78, 5) is 28.7. The van der Waals surface area contributed by atoms with E-state index in [0.717, 1.165) is 10.3 Å². The van der Waals surface area contributed by atoms with Crippen molar-refractivity contribution < 1.29 is 14.0 Å². The minimum atomic E-state index is -0.429. The quantitative estimate of drug-likeness (QED) is 0.775. The molecule has 2 N–H and O–H groups in total. The molecule has 0 saturated heterocycles. The number of furan rings is 1. The van der Waals surface area contributed by atoms with Gasteiger partial charge in [0.1, 0.15) is 5.58 Å². The molecular weight excluding hydrogens is 302 g/mol. The van der Waals surface area contributed by atoms with Crippen molar-refractivity contribution in [3.8, 4) is 0 Å². The van der Waals surface area contributed by atoms with Gasteiger partial charge in [0.15, 0.2) is 10.9 Å². The van der Waals surface area contributed by atoms with Crippen molar-refractivity contribution in [2.45, 2.75) is 6.92 Å². The smallest absolute Gasteiger partial charge is 0.287 e. The molecule has 0 unspecified atom stereocenters. The summed E-state index contributed by atoms with van der Waals surface area (Å²) in [6.07, 6.45) is 1.67. The zero-order chi connectivity index (χ0) is 15.5. The van der Waals surface area contributed by atoms with E-state index in [0.29, 0.717) is 10.7 Å². The predicted molar refractivity (Wildman–Crippen MR) is 84.0 cm³/mol. The Morgan fingerprint density at radius 1 is 1.32 bits per heavy atom. The van der Waals surface area contributed by atoms with E-state index in [2.05, 4.69) is 15.6 Å². The third-order valence-electron chi connectivity index (χ3n) is 2.93. The second-order valence-electron chi connectivity index (χ2n) is 4.66. The van der Waals surface area contributed by atoms with Crippen molar-refractivity contribution in [1.29, 1.82) is 0 Å². The fourth-order valence-corrected chi connectivity index (χ4v) is 2.60. The molecule has 3 rings (SSSR count). The number of aromatic nitrogens is 1. The second kappa shape index (κ2) is 5.98. The predicted octanol–water partition coefficient (Wildman–Crippen LogP) is 2.57. The number of amides is 2. The van der Waals surface area contributed by atoms with Gasteiger partial charge in [-0.25, -0.2) is 4.98 Å². The van der Waals surface area contributed by atoms with E-state index in [4.69, 9.17) is 4.42 Å². The van der Waals surface area contributed by atoms with Gasteiger partial charge in [0, 0.05) is 16.5 Å². The summed E-state index contributed by atoms with van der Waals surface area (Å²) in [6.45, 7) is 1.76. The van der Waals surface area contributed by atoms with Gasteiger partial charge in [-0.15, -0.1) is 11.3 Å². The Balaban J connectivity index is 1.58. The lowest BCUT2D eigenvalue weighted by Gasteiger charge is -2.02. The van der Waals surface area contributed by atoms with Crippen molar-refractivity contribution in [3.63, 3.8) is 0 Å². The van der Waals surface area contributed by atoms with Crippen molar-refractivity contribution in [3.05, 3.63) is 47.2 Å². The fourth-order valence-electron chi connectivity index (χ4n) is 1.92. The van der Waals surface area contributed by atoms with E-state index in [1.54, 1.807) is 18.3 Å². The number of nitrogens with one attached hydrogen (secondary N) is 2. The van der Waals surface area contributed by atoms with Crippen LogP contribution in [-0.4, -0.2) is 23.3 Å². The summed E-state index contributed by atoms with van der Waals surface area (Å²) in [5.74, 6) is -0.584. The van der Waals surface area contributed by atoms with Crippen LogP contribution >= 0.6 is 11.3 Å². The molecule has 1 aromatic carbocycles. The lowest BCUT2D eigenvalue weighted by atomic mass is 10.2. The Morgan fingerprint density at radius 3 is 2.86 bits per heavy atom. The molecule has 0 spiro atoms. The van der Waals surface area contributed by atoms with Gasteiger partial charge in [-0.05, 0) is 19.1 Å². The molecule has 0 bridgehead atoms. The monoisotopic (exact) mass is 315 g/mol. The Kier molecular flexibility index (Phi) is 3.88. The van der Waals surface area contributed by atoms with E-state index in [-0.39, 0.29) is 18.2 Å². The zero-order valence-electron chi connectivity index (χ0n) is 11.8. The first-order valence-corrected chi connectivity index (χ1v) is 7.42. The summed E-state index contributed by atoms with van der Waals surface area (Å²) >= 11 is 1.38. The average molecular weight is 315 g/mol. The molecule has 0 saturated carbocycles. The number of carbonyl (C=O) groups excluding carboxylic acids is 2. The van der Waals surface area contributed by atoms with E-state index in [9.17, 15) is 9.59 Å². The van der Waals surface area contributed by atoms with Gasteiger partial charge in [0.2, 0.25) is 5.91 Å². The van der Waals surface area contributed by atoms with Crippen molar-refractivity contribution >= 4 is 39.3 Å². The molecule has 0 aliphatic heterocycles. The topological polar surface area (TPSA) is 84.2 Å². The maximum atomic E-state index is 12.0. The lowest BCUT2D eigenvalue weighted by molar-refractivity contribution is -0.115. The maximum absolute atomic E-state index is 12.0. The molecule has 112 valence electrons. The lowest BCUT2D eigenvalue weighted by Crippen LogP contribution is -2.32. The van der Waals surface area contributed by atoms with Crippen LogP contribution in [0.1, 0.15) is 15.4 Å². The maximum Gasteiger partial charge on any atom is 0.287 e. The number of carbonyl (C=O) groups is 2. The van der Waals surface area contributed by atoms with Gasteiger partial charge in [-0.1, -0.05) is 18.2 Å². The van der Waals surface area contributed by atoms with Gasteiger partial charge >= 0.3 is 0 Å². The van der Waals surface area contributed by atoms with Crippen LogP contribution in [0.3, 0.4) is 0 Å². The van der Waals surface area contributed by atoms with Crippen LogP contribution in [0.4, 0.5) is 5.13 Å². The van der Waals surface area contributed by atoms with Crippen LogP contribution in [0, 0.1) is 6.92 Å². The Hall–Kier alpha value is -2.67. The summed E-state index contributed by atoms with van der Waals surface area (Å²) in [5, 5.41) is 6.50. The molecule has 22 heavy (non-hydrogen) atoms. The Bertz CT molecular complexity index is 804. The number of hydrogen-bond donors (Lipinski definition) is 2. The highest BCUT2D eigenvalue weighted by Gasteiger charge is 2.13. The van der Waals surface area contributed by atoms with Gasteiger partial charge in [0.25, 0.3) is 5.91 Å². The molecule has 0 fully saturated rings. The van der Waals surface area contributed by atoms with Gasteiger partial charge in [-0.3, -0.25) is 9.59 Å². The number of nitrogens with zero attached hydrogens (tertiary/aromatic N) is 1. The highest BCUT2D eigenvalue weighted by atomic mass is 32.1. The number of fused-ring (bicyclic) bond motifs is 1. The van der Waals surface area contributed by atoms with E-state index in [1.165, 1.54) is 11.3 Å². The fraction of sp³-hybridized carbons (Fsp3) is 0.133. The number of anilines is 1. The summed E-state index contributed by atoms with van der Waals surface area (Å²) in [7, 11) is 0. The molecule has 3 aromatic rings. The third-order valence-corrected chi connectivity index (χ3v) is 3.75. The standard InChI is InChI=1S/C15H13N3O3S/c1-9-7-17-15(22-9)18-13(19)8-16-14(20)12-6-10-4-2-3-5-11(10)21-12/h2-7H,8H2,1H3,(H,16,20)(H,17,18,19). The van der Waals surface area contributed by atoms with Gasteiger partial charge in [-0.2, -0.15) is 0 Å². The van der Waals surface area contributed by atoms with Crippen LogP contribution in [-0.2, 0) is 4.79 Å². The number of thiazole rings is 1. The molecule has 2 aromatic heterocycles. The number of aryl methyl sites for hydroxylation is 1. The first kappa shape index (κ1) is 14.3. The van der Waals surface area contributed by atoms with Crippen LogP contribution in [0.2, 0.25) is 0 Å². The molecule has 0 radical (unpaired) electrons. The van der Waals surface area contributed by atoms with E-state index >= 15 is 0 Å². The molecule has 2 amide bonds.